The average molecular weight is 286 g/mol. The number of hydrogen-bond donors (Lipinski definition) is 1. The Morgan fingerprint density at radius 3 is 2.41 bits per heavy atom. The quantitative estimate of drug-likeness (QED) is 0.923. The average Bonchev–Trinajstić information content (AvgIpc) is 2.62. The fraction of sp³-hybridized carbons (Fsp3) is 0.0556. The zero-order valence-electron chi connectivity index (χ0n) is 11.8. The number of aliphatic imine (C=N–C) groups is 1. The van der Waals surface area contributed by atoms with E-state index in [-0.39, 0.29) is 6.04 Å². The molecule has 22 heavy (non-hydrogen) atoms. The minimum atomic E-state index is 0.0454. The number of rotatable bonds is 2. The van der Waals surface area contributed by atoms with E-state index in [2.05, 4.69) is 32.4 Å². The molecular formula is C18H14N4. The van der Waals surface area contributed by atoms with Gasteiger partial charge in [0, 0.05) is 30.4 Å². The van der Waals surface area contributed by atoms with E-state index in [9.17, 15) is 0 Å². The Morgan fingerprint density at radius 2 is 1.68 bits per heavy atom. The predicted molar refractivity (Wildman–Crippen MR) is 87.9 cm³/mol. The molecule has 0 bridgehead atoms. The lowest BCUT2D eigenvalue weighted by molar-refractivity contribution is 0.859. The second-order valence-corrected chi connectivity index (χ2v) is 5.08. The molecule has 4 nitrogen and oxygen atoms in total. The van der Waals surface area contributed by atoms with Crippen LogP contribution >= 0.6 is 0 Å². The highest BCUT2D eigenvalue weighted by molar-refractivity contribution is 6.30. The Labute approximate surface area is 128 Å². The van der Waals surface area contributed by atoms with Crippen LogP contribution in [0.2, 0.25) is 0 Å². The third-order valence-electron chi connectivity index (χ3n) is 3.68. The summed E-state index contributed by atoms with van der Waals surface area (Å²) in [7, 11) is 0. The number of aromatic nitrogens is 2. The van der Waals surface area contributed by atoms with Crippen LogP contribution in [0.4, 0.5) is 0 Å². The summed E-state index contributed by atoms with van der Waals surface area (Å²) < 4.78 is 0. The van der Waals surface area contributed by atoms with Gasteiger partial charge in [0.1, 0.15) is 0 Å². The molecule has 2 aromatic rings. The number of pyridine rings is 2. The lowest BCUT2D eigenvalue weighted by Gasteiger charge is -2.26. The maximum atomic E-state index is 4.54. The predicted octanol–water partition coefficient (Wildman–Crippen LogP) is 2.84. The van der Waals surface area contributed by atoms with Crippen LogP contribution in [-0.4, -0.2) is 21.7 Å². The van der Waals surface area contributed by atoms with Gasteiger partial charge in [-0.3, -0.25) is 15.0 Å². The first-order valence-electron chi connectivity index (χ1n) is 7.17. The first kappa shape index (κ1) is 12.7. The van der Waals surface area contributed by atoms with Crippen LogP contribution in [0.15, 0.2) is 78.3 Å². The minimum Gasteiger partial charge on any atom is -0.378 e. The molecule has 1 aliphatic carbocycles. The fourth-order valence-corrected chi connectivity index (χ4v) is 2.66. The van der Waals surface area contributed by atoms with E-state index < -0.39 is 0 Å². The smallest absolute Gasteiger partial charge is 0.0882 e. The molecule has 4 heteroatoms. The molecule has 0 fully saturated rings. The molecule has 0 saturated heterocycles. The van der Waals surface area contributed by atoms with E-state index in [0.29, 0.717) is 0 Å². The topological polar surface area (TPSA) is 50.2 Å². The molecule has 4 rings (SSSR count). The standard InChI is InChI=1S/C18H14N4/c1-3-7-19-15(5-1)13-11-14(16-6-2-4-8-20-16)18-17(12-13)21-9-10-22-18/h1-12,17,21H. The van der Waals surface area contributed by atoms with Crippen LogP contribution < -0.4 is 5.32 Å². The third-order valence-corrected chi connectivity index (χ3v) is 3.68. The van der Waals surface area contributed by atoms with Crippen molar-refractivity contribution in [1.29, 1.82) is 0 Å². The molecule has 3 heterocycles. The third kappa shape index (κ3) is 2.24. The molecule has 106 valence electrons. The Morgan fingerprint density at radius 1 is 0.909 bits per heavy atom. The Hall–Kier alpha value is -3.01. The summed E-state index contributed by atoms with van der Waals surface area (Å²) >= 11 is 0. The van der Waals surface area contributed by atoms with Gasteiger partial charge in [0.2, 0.25) is 0 Å². The molecule has 1 atom stereocenters. The van der Waals surface area contributed by atoms with Crippen molar-refractivity contribution in [3.63, 3.8) is 0 Å². The van der Waals surface area contributed by atoms with Crippen LogP contribution in [0, 0.1) is 0 Å². The van der Waals surface area contributed by atoms with Gasteiger partial charge < -0.3 is 5.32 Å². The van der Waals surface area contributed by atoms with E-state index in [0.717, 1.165) is 28.2 Å². The first-order valence-corrected chi connectivity index (χ1v) is 7.17. The normalized spacial score (nSPS) is 19.5. The van der Waals surface area contributed by atoms with Crippen molar-refractivity contribution in [2.75, 3.05) is 0 Å². The van der Waals surface area contributed by atoms with Crippen LogP contribution in [0.5, 0.6) is 0 Å². The van der Waals surface area contributed by atoms with Gasteiger partial charge >= 0.3 is 0 Å². The molecule has 2 aromatic heterocycles. The molecule has 1 aliphatic heterocycles. The Kier molecular flexibility index (Phi) is 3.12. The maximum absolute atomic E-state index is 4.54. The van der Waals surface area contributed by atoms with E-state index in [4.69, 9.17) is 0 Å². The number of fused-ring (bicyclic) bond motifs is 1. The van der Waals surface area contributed by atoms with Gasteiger partial charge in [0.05, 0.1) is 23.1 Å². The highest BCUT2D eigenvalue weighted by Gasteiger charge is 2.25. The molecule has 0 spiro atoms. The number of hydrogen-bond acceptors (Lipinski definition) is 4. The summed E-state index contributed by atoms with van der Waals surface area (Å²) in [5, 5.41) is 3.34. The molecule has 0 amide bonds. The zero-order chi connectivity index (χ0) is 14.8. The Bertz CT molecular complexity index is 801. The van der Waals surface area contributed by atoms with E-state index >= 15 is 0 Å². The van der Waals surface area contributed by atoms with Crippen molar-refractivity contribution in [3.05, 3.63) is 84.7 Å². The minimum absolute atomic E-state index is 0.0454. The molecule has 0 radical (unpaired) electrons. The van der Waals surface area contributed by atoms with Gasteiger partial charge in [-0.1, -0.05) is 12.1 Å². The van der Waals surface area contributed by atoms with Crippen molar-refractivity contribution in [2.24, 2.45) is 4.99 Å². The lowest BCUT2D eigenvalue weighted by Crippen LogP contribution is -2.36. The molecule has 2 aliphatic rings. The van der Waals surface area contributed by atoms with Gasteiger partial charge in [-0.05, 0) is 42.0 Å². The van der Waals surface area contributed by atoms with Gasteiger partial charge in [0.25, 0.3) is 0 Å². The van der Waals surface area contributed by atoms with Gasteiger partial charge in [-0.25, -0.2) is 0 Å². The van der Waals surface area contributed by atoms with Crippen LogP contribution in [-0.2, 0) is 0 Å². The van der Waals surface area contributed by atoms with Crippen LogP contribution in [0.25, 0.3) is 11.1 Å². The van der Waals surface area contributed by atoms with Crippen LogP contribution in [0.1, 0.15) is 11.4 Å². The molecule has 1 N–H and O–H groups in total. The van der Waals surface area contributed by atoms with E-state index in [1.165, 1.54) is 0 Å². The second kappa shape index (κ2) is 5.41. The highest BCUT2D eigenvalue weighted by atomic mass is 15.0. The second-order valence-electron chi connectivity index (χ2n) is 5.08. The zero-order valence-corrected chi connectivity index (χ0v) is 11.8. The van der Waals surface area contributed by atoms with E-state index in [1.807, 2.05) is 48.8 Å². The summed E-state index contributed by atoms with van der Waals surface area (Å²) in [5.74, 6) is 0. The van der Waals surface area contributed by atoms with Crippen LogP contribution in [0.3, 0.4) is 0 Å². The summed E-state index contributed by atoms with van der Waals surface area (Å²) in [4.78, 5) is 13.5. The monoisotopic (exact) mass is 286 g/mol. The SMILES string of the molecule is C1=CNC2C=C(c3ccccn3)C=C(c3ccccn3)C2=N1. The molecular weight excluding hydrogens is 272 g/mol. The lowest BCUT2D eigenvalue weighted by atomic mass is 9.89. The molecule has 0 aromatic carbocycles. The van der Waals surface area contributed by atoms with Gasteiger partial charge in [-0.15, -0.1) is 0 Å². The van der Waals surface area contributed by atoms with Gasteiger partial charge in [-0.2, -0.15) is 0 Å². The van der Waals surface area contributed by atoms with Crippen molar-refractivity contribution in [3.8, 4) is 0 Å². The maximum Gasteiger partial charge on any atom is 0.0882 e. The van der Waals surface area contributed by atoms with Crippen molar-refractivity contribution >= 4 is 16.9 Å². The number of nitrogens with zero attached hydrogens (tertiary/aromatic N) is 3. The van der Waals surface area contributed by atoms with Crippen molar-refractivity contribution in [2.45, 2.75) is 6.04 Å². The molecule has 1 unspecified atom stereocenters. The fourth-order valence-electron chi connectivity index (χ4n) is 2.66. The largest absolute Gasteiger partial charge is 0.378 e. The van der Waals surface area contributed by atoms with Gasteiger partial charge in [0.15, 0.2) is 0 Å². The van der Waals surface area contributed by atoms with Crippen molar-refractivity contribution in [1.82, 2.24) is 15.3 Å². The first-order chi connectivity index (χ1) is 10.9. The highest BCUT2D eigenvalue weighted by Crippen LogP contribution is 2.29. The number of nitrogens with one attached hydrogen (secondary N) is 1. The number of allylic oxidation sites excluding steroid dienone is 2. The Balaban J connectivity index is 1.85. The summed E-state index contributed by atoms with van der Waals surface area (Å²) in [6.45, 7) is 0. The van der Waals surface area contributed by atoms with E-state index in [1.54, 1.807) is 12.4 Å². The molecule has 0 saturated carbocycles. The summed E-state index contributed by atoms with van der Waals surface area (Å²) in [6.07, 6.45) is 11.5. The van der Waals surface area contributed by atoms with Crippen molar-refractivity contribution < 1.29 is 0 Å². The summed E-state index contributed by atoms with van der Waals surface area (Å²) in [6, 6.07) is 11.9. The summed E-state index contributed by atoms with van der Waals surface area (Å²) in [5.41, 5.74) is 4.97.